The van der Waals surface area contributed by atoms with Crippen molar-refractivity contribution in [2.45, 2.75) is 39.0 Å². The van der Waals surface area contributed by atoms with Crippen LogP contribution in [0.4, 0.5) is 0 Å². The molecule has 0 saturated heterocycles. The Morgan fingerprint density at radius 3 is 2.25 bits per heavy atom. The third-order valence-corrected chi connectivity index (χ3v) is 3.75. The van der Waals surface area contributed by atoms with Crippen LogP contribution in [0.3, 0.4) is 0 Å². The van der Waals surface area contributed by atoms with Crippen molar-refractivity contribution in [2.24, 2.45) is 0 Å². The zero-order valence-corrected chi connectivity index (χ0v) is 12.3. The van der Waals surface area contributed by atoms with Gasteiger partial charge in [0.25, 0.3) is 0 Å². The first-order chi connectivity index (χ1) is 9.72. The standard InChI is InChI=1S/C19H22O/c1-3-4-8-16-11-13-18(14-12-16)19(20)15(2)17-9-6-5-7-10-17/h5-7,9-15H,3-4,8H2,1-2H3/t15-/m0/s1. The molecule has 0 spiro atoms. The Morgan fingerprint density at radius 2 is 1.65 bits per heavy atom. The summed E-state index contributed by atoms with van der Waals surface area (Å²) < 4.78 is 0. The van der Waals surface area contributed by atoms with E-state index in [1.54, 1.807) is 0 Å². The van der Waals surface area contributed by atoms with Gasteiger partial charge in [0.05, 0.1) is 0 Å². The first kappa shape index (κ1) is 14.5. The van der Waals surface area contributed by atoms with Crippen LogP contribution in [0.2, 0.25) is 0 Å². The van der Waals surface area contributed by atoms with Gasteiger partial charge in [0.1, 0.15) is 0 Å². The number of rotatable bonds is 6. The number of hydrogen-bond acceptors (Lipinski definition) is 1. The first-order valence-corrected chi connectivity index (χ1v) is 7.40. The number of Topliss-reactive ketones (excluding diaryl/α,β-unsaturated/α-hetero) is 1. The van der Waals surface area contributed by atoms with Gasteiger partial charge >= 0.3 is 0 Å². The molecule has 0 heterocycles. The molecule has 20 heavy (non-hydrogen) atoms. The summed E-state index contributed by atoms with van der Waals surface area (Å²) in [6, 6.07) is 18.1. The monoisotopic (exact) mass is 266 g/mol. The van der Waals surface area contributed by atoms with E-state index in [2.05, 4.69) is 19.1 Å². The van der Waals surface area contributed by atoms with Gasteiger partial charge in [0.15, 0.2) is 5.78 Å². The van der Waals surface area contributed by atoms with Gasteiger partial charge in [-0.3, -0.25) is 4.79 Å². The van der Waals surface area contributed by atoms with Crippen LogP contribution in [0.5, 0.6) is 0 Å². The summed E-state index contributed by atoms with van der Waals surface area (Å²) in [6.07, 6.45) is 3.50. The van der Waals surface area contributed by atoms with Crippen LogP contribution in [0.1, 0.15) is 54.1 Å². The Labute approximate surface area is 121 Å². The van der Waals surface area contributed by atoms with Gasteiger partial charge < -0.3 is 0 Å². The second-order valence-corrected chi connectivity index (χ2v) is 5.30. The van der Waals surface area contributed by atoms with Crippen molar-refractivity contribution in [2.75, 3.05) is 0 Å². The molecule has 1 heteroatoms. The zero-order chi connectivity index (χ0) is 14.4. The van der Waals surface area contributed by atoms with E-state index in [0.717, 1.165) is 17.5 Å². The summed E-state index contributed by atoms with van der Waals surface area (Å²) in [6.45, 7) is 4.17. The van der Waals surface area contributed by atoms with Crippen molar-refractivity contribution in [3.8, 4) is 0 Å². The van der Waals surface area contributed by atoms with Crippen molar-refractivity contribution in [3.05, 3.63) is 71.3 Å². The van der Waals surface area contributed by atoms with Crippen LogP contribution < -0.4 is 0 Å². The lowest BCUT2D eigenvalue weighted by Crippen LogP contribution is -2.09. The molecule has 2 aromatic carbocycles. The van der Waals surface area contributed by atoms with Crippen LogP contribution in [-0.4, -0.2) is 5.78 Å². The number of carbonyl (C=O) groups is 1. The van der Waals surface area contributed by atoms with E-state index in [9.17, 15) is 4.79 Å². The summed E-state index contributed by atoms with van der Waals surface area (Å²) in [5.74, 6) is 0.107. The summed E-state index contributed by atoms with van der Waals surface area (Å²) >= 11 is 0. The Morgan fingerprint density at radius 1 is 1.00 bits per heavy atom. The number of unbranched alkanes of at least 4 members (excludes halogenated alkanes) is 1. The van der Waals surface area contributed by atoms with Crippen molar-refractivity contribution in [1.82, 2.24) is 0 Å². The summed E-state index contributed by atoms with van der Waals surface area (Å²) in [4.78, 5) is 12.5. The van der Waals surface area contributed by atoms with E-state index in [1.807, 2.05) is 49.4 Å². The molecule has 1 nitrogen and oxygen atoms in total. The van der Waals surface area contributed by atoms with E-state index in [4.69, 9.17) is 0 Å². The Kier molecular flexibility index (Phi) is 5.11. The second-order valence-electron chi connectivity index (χ2n) is 5.30. The summed E-state index contributed by atoms with van der Waals surface area (Å²) in [5.41, 5.74) is 3.20. The molecule has 2 aromatic rings. The minimum atomic E-state index is -0.0855. The molecule has 2 rings (SSSR count). The predicted octanol–water partition coefficient (Wildman–Crippen LogP) is 5.02. The smallest absolute Gasteiger partial charge is 0.170 e. The Balaban J connectivity index is 2.09. The number of benzene rings is 2. The average molecular weight is 266 g/mol. The van der Waals surface area contributed by atoms with Gasteiger partial charge in [-0.05, 0) is 24.0 Å². The van der Waals surface area contributed by atoms with Crippen molar-refractivity contribution >= 4 is 5.78 Å². The first-order valence-electron chi connectivity index (χ1n) is 7.40. The lowest BCUT2D eigenvalue weighted by Gasteiger charge is -2.11. The van der Waals surface area contributed by atoms with Crippen LogP contribution in [0.15, 0.2) is 54.6 Å². The molecule has 0 aliphatic heterocycles. The molecule has 0 aromatic heterocycles. The molecule has 0 fully saturated rings. The van der Waals surface area contributed by atoms with Crippen molar-refractivity contribution in [3.63, 3.8) is 0 Å². The fraction of sp³-hybridized carbons (Fsp3) is 0.316. The molecule has 0 unspecified atom stereocenters. The van der Waals surface area contributed by atoms with Gasteiger partial charge in [0.2, 0.25) is 0 Å². The molecule has 104 valence electrons. The van der Waals surface area contributed by atoms with Crippen molar-refractivity contribution in [1.29, 1.82) is 0 Å². The highest BCUT2D eigenvalue weighted by Crippen LogP contribution is 2.20. The molecule has 0 radical (unpaired) electrons. The molecule has 0 aliphatic rings. The van der Waals surface area contributed by atoms with Gasteiger partial charge in [-0.15, -0.1) is 0 Å². The minimum Gasteiger partial charge on any atom is -0.294 e. The van der Waals surface area contributed by atoms with Crippen molar-refractivity contribution < 1.29 is 4.79 Å². The molecule has 0 aliphatic carbocycles. The minimum absolute atomic E-state index is 0.0855. The third kappa shape index (κ3) is 3.57. The highest BCUT2D eigenvalue weighted by molar-refractivity contribution is 6.00. The molecule has 1 atom stereocenters. The number of hydrogen-bond donors (Lipinski definition) is 0. The van der Waals surface area contributed by atoms with Gasteiger partial charge in [-0.1, -0.05) is 74.9 Å². The van der Waals surface area contributed by atoms with Gasteiger partial charge in [-0.2, -0.15) is 0 Å². The van der Waals surface area contributed by atoms with Crippen LogP contribution in [0.25, 0.3) is 0 Å². The number of carbonyl (C=O) groups excluding carboxylic acids is 1. The van der Waals surface area contributed by atoms with Gasteiger partial charge in [-0.25, -0.2) is 0 Å². The molecular weight excluding hydrogens is 244 g/mol. The fourth-order valence-electron chi connectivity index (χ4n) is 2.36. The maximum Gasteiger partial charge on any atom is 0.170 e. The number of ketones is 1. The summed E-state index contributed by atoms with van der Waals surface area (Å²) in [5, 5.41) is 0. The van der Waals surface area contributed by atoms with Gasteiger partial charge in [0, 0.05) is 11.5 Å². The highest BCUT2D eigenvalue weighted by atomic mass is 16.1. The third-order valence-electron chi connectivity index (χ3n) is 3.75. The maximum absolute atomic E-state index is 12.5. The summed E-state index contributed by atoms with van der Waals surface area (Å²) in [7, 11) is 0. The normalized spacial score (nSPS) is 12.1. The van der Waals surface area contributed by atoms with E-state index < -0.39 is 0 Å². The molecule has 0 N–H and O–H groups in total. The number of aryl methyl sites for hydroxylation is 1. The molecule has 0 bridgehead atoms. The SMILES string of the molecule is CCCCc1ccc(C(=O)[C@@H](C)c2ccccc2)cc1. The zero-order valence-electron chi connectivity index (χ0n) is 12.3. The fourth-order valence-corrected chi connectivity index (χ4v) is 2.36. The van der Waals surface area contributed by atoms with Crippen LogP contribution >= 0.6 is 0 Å². The maximum atomic E-state index is 12.5. The highest BCUT2D eigenvalue weighted by Gasteiger charge is 2.16. The molecular formula is C19H22O. The largest absolute Gasteiger partial charge is 0.294 e. The van der Waals surface area contributed by atoms with E-state index in [1.165, 1.54) is 18.4 Å². The molecule has 0 amide bonds. The van der Waals surface area contributed by atoms with E-state index in [-0.39, 0.29) is 11.7 Å². The van der Waals surface area contributed by atoms with E-state index >= 15 is 0 Å². The second kappa shape index (κ2) is 7.04. The average Bonchev–Trinajstić information content (AvgIpc) is 2.53. The van der Waals surface area contributed by atoms with E-state index in [0.29, 0.717) is 0 Å². The topological polar surface area (TPSA) is 17.1 Å². The molecule has 0 saturated carbocycles. The predicted molar refractivity (Wildman–Crippen MR) is 84.2 cm³/mol. The Bertz CT molecular complexity index is 540. The lowest BCUT2D eigenvalue weighted by atomic mass is 9.92. The van der Waals surface area contributed by atoms with Crippen LogP contribution in [0, 0.1) is 0 Å². The quantitative estimate of drug-likeness (QED) is 0.671. The van der Waals surface area contributed by atoms with Crippen LogP contribution in [-0.2, 0) is 6.42 Å². The lowest BCUT2D eigenvalue weighted by molar-refractivity contribution is 0.0966. The Hall–Kier alpha value is -1.89.